The lowest BCUT2D eigenvalue weighted by Crippen LogP contribution is -2.19. The van der Waals surface area contributed by atoms with Crippen LogP contribution in [0.3, 0.4) is 0 Å². The number of hydrogen-bond acceptors (Lipinski definition) is 3. The molecule has 5 heteroatoms. The molecule has 1 aromatic carbocycles. The average molecular weight is 310 g/mol. The van der Waals surface area contributed by atoms with Crippen molar-refractivity contribution in [1.29, 1.82) is 0 Å². The summed E-state index contributed by atoms with van der Waals surface area (Å²) < 4.78 is 25.1. The Balaban J connectivity index is 2.01. The Labute approximate surface area is 128 Å². The van der Waals surface area contributed by atoms with E-state index in [-0.39, 0.29) is 0 Å². The minimum Gasteiger partial charge on any atom is -0.382 e. The molecular weight excluding hydrogens is 284 g/mol. The van der Waals surface area contributed by atoms with Crippen molar-refractivity contribution in [3.8, 4) is 0 Å². The highest BCUT2D eigenvalue weighted by atomic mass is 32.2. The van der Waals surface area contributed by atoms with E-state index in [0.717, 1.165) is 12.1 Å². The summed E-state index contributed by atoms with van der Waals surface area (Å²) in [6.07, 6.45) is 7.25. The first-order valence-electron chi connectivity index (χ1n) is 7.58. The van der Waals surface area contributed by atoms with Crippen molar-refractivity contribution in [3.05, 3.63) is 24.3 Å². The van der Waals surface area contributed by atoms with E-state index in [1.807, 2.05) is 18.2 Å². The molecule has 0 amide bonds. The summed E-state index contributed by atoms with van der Waals surface area (Å²) in [5.74, 6) is 0. The van der Waals surface area contributed by atoms with Crippen molar-refractivity contribution in [2.24, 2.45) is 5.41 Å². The first-order valence-corrected chi connectivity index (χ1v) is 9.47. The molecule has 0 spiro atoms. The summed E-state index contributed by atoms with van der Waals surface area (Å²) in [6, 6.07) is 7.96. The van der Waals surface area contributed by atoms with Crippen molar-refractivity contribution in [3.63, 3.8) is 0 Å². The molecule has 2 N–H and O–H groups in total. The van der Waals surface area contributed by atoms with Crippen LogP contribution in [0.2, 0.25) is 0 Å². The van der Waals surface area contributed by atoms with E-state index in [9.17, 15) is 8.42 Å². The number of nitrogens with one attached hydrogen (secondary N) is 2. The fourth-order valence-corrected chi connectivity index (χ4v) is 3.48. The third-order valence-electron chi connectivity index (χ3n) is 4.11. The normalized spacial score (nSPS) is 22.3. The highest BCUT2D eigenvalue weighted by Gasteiger charge is 2.24. The molecule has 1 aliphatic rings. The standard InChI is InChI=1S/C16H26N2O2S/c1-16(2)10-5-8-13(9-11-16)17-14-6-4-7-15(12-14)18-21(3,19)20/h4,6-7,12-13,17-18H,5,8-11H2,1-3H3. The number of anilines is 2. The molecule has 0 aliphatic heterocycles. The number of hydrogen-bond donors (Lipinski definition) is 2. The molecule has 0 saturated heterocycles. The molecule has 1 fully saturated rings. The summed E-state index contributed by atoms with van der Waals surface area (Å²) in [4.78, 5) is 0. The number of benzene rings is 1. The molecule has 0 aromatic heterocycles. The minimum atomic E-state index is -3.23. The molecule has 2 rings (SSSR count). The molecule has 1 aromatic rings. The quantitative estimate of drug-likeness (QED) is 0.831. The Morgan fingerprint density at radius 1 is 1.14 bits per heavy atom. The Bertz CT molecular complexity index is 582. The Morgan fingerprint density at radius 2 is 1.86 bits per heavy atom. The van der Waals surface area contributed by atoms with Gasteiger partial charge < -0.3 is 5.32 Å². The van der Waals surface area contributed by atoms with Crippen LogP contribution in [0.1, 0.15) is 46.0 Å². The van der Waals surface area contributed by atoms with Gasteiger partial charge in [0.15, 0.2) is 0 Å². The first-order chi connectivity index (χ1) is 9.73. The summed E-state index contributed by atoms with van der Waals surface area (Å²) in [5, 5.41) is 3.55. The fraction of sp³-hybridized carbons (Fsp3) is 0.625. The second kappa shape index (κ2) is 6.26. The number of sulfonamides is 1. The van der Waals surface area contributed by atoms with E-state index in [1.54, 1.807) is 6.07 Å². The first kappa shape index (κ1) is 16.1. The molecule has 1 aliphatic carbocycles. The molecule has 1 atom stereocenters. The van der Waals surface area contributed by atoms with Crippen molar-refractivity contribution in [1.82, 2.24) is 0 Å². The molecule has 0 bridgehead atoms. The SMILES string of the molecule is CC1(C)CCCC(Nc2cccc(NS(C)(=O)=O)c2)CC1. The molecule has 4 nitrogen and oxygen atoms in total. The lowest BCUT2D eigenvalue weighted by Gasteiger charge is -2.22. The van der Waals surface area contributed by atoms with E-state index in [1.165, 1.54) is 31.9 Å². The maximum atomic E-state index is 11.3. The summed E-state index contributed by atoms with van der Waals surface area (Å²) in [7, 11) is -3.23. The van der Waals surface area contributed by atoms with Crippen LogP contribution >= 0.6 is 0 Å². The highest BCUT2D eigenvalue weighted by Crippen LogP contribution is 2.34. The van der Waals surface area contributed by atoms with Gasteiger partial charge in [0, 0.05) is 11.7 Å². The van der Waals surface area contributed by atoms with Gasteiger partial charge in [0.2, 0.25) is 10.0 Å². The van der Waals surface area contributed by atoms with Gasteiger partial charge in [0.1, 0.15) is 0 Å². The van der Waals surface area contributed by atoms with Crippen LogP contribution in [-0.2, 0) is 10.0 Å². The van der Waals surface area contributed by atoms with E-state index in [0.29, 0.717) is 17.1 Å². The van der Waals surface area contributed by atoms with Gasteiger partial charge in [-0.25, -0.2) is 8.42 Å². The van der Waals surface area contributed by atoms with Gasteiger partial charge in [-0.15, -0.1) is 0 Å². The Morgan fingerprint density at radius 3 is 2.57 bits per heavy atom. The van der Waals surface area contributed by atoms with Gasteiger partial charge in [-0.05, 0) is 49.3 Å². The smallest absolute Gasteiger partial charge is 0.229 e. The second-order valence-corrected chi connectivity index (χ2v) is 8.64. The van der Waals surface area contributed by atoms with E-state index in [4.69, 9.17) is 0 Å². The minimum absolute atomic E-state index is 0.441. The molecule has 118 valence electrons. The largest absolute Gasteiger partial charge is 0.382 e. The zero-order chi connectivity index (χ0) is 15.5. The predicted octanol–water partition coefficient (Wildman–Crippen LogP) is 3.83. The summed E-state index contributed by atoms with van der Waals surface area (Å²) >= 11 is 0. The molecule has 21 heavy (non-hydrogen) atoms. The maximum absolute atomic E-state index is 11.3. The molecule has 0 heterocycles. The van der Waals surface area contributed by atoms with Crippen molar-refractivity contribution in [2.75, 3.05) is 16.3 Å². The molecule has 1 unspecified atom stereocenters. The third-order valence-corrected chi connectivity index (χ3v) is 4.72. The summed E-state index contributed by atoms with van der Waals surface area (Å²) in [5.41, 5.74) is 2.03. The molecule has 0 radical (unpaired) electrons. The molecular formula is C16H26N2O2S. The third kappa shape index (κ3) is 5.58. The van der Waals surface area contributed by atoms with Gasteiger partial charge >= 0.3 is 0 Å². The van der Waals surface area contributed by atoms with Gasteiger partial charge in [-0.2, -0.15) is 0 Å². The van der Waals surface area contributed by atoms with Crippen molar-refractivity contribution >= 4 is 21.4 Å². The molecule has 1 saturated carbocycles. The maximum Gasteiger partial charge on any atom is 0.229 e. The lowest BCUT2D eigenvalue weighted by molar-refractivity contribution is 0.313. The lowest BCUT2D eigenvalue weighted by atomic mass is 9.85. The van der Waals surface area contributed by atoms with Crippen LogP contribution in [0, 0.1) is 5.41 Å². The Hall–Kier alpha value is -1.23. The van der Waals surface area contributed by atoms with Crippen LogP contribution < -0.4 is 10.0 Å². The Kier molecular flexibility index (Phi) is 4.81. The fourth-order valence-electron chi connectivity index (χ4n) is 2.93. The second-order valence-electron chi connectivity index (χ2n) is 6.89. The van der Waals surface area contributed by atoms with Crippen LogP contribution in [0.4, 0.5) is 11.4 Å². The monoisotopic (exact) mass is 310 g/mol. The van der Waals surface area contributed by atoms with Crippen molar-refractivity contribution in [2.45, 2.75) is 52.0 Å². The zero-order valence-corrected chi connectivity index (χ0v) is 14.0. The van der Waals surface area contributed by atoms with Crippen molar-refractivity contribution < 1.29 is 8.42 Å². The average Bonchev–Trinajstić information content (AvgIpc) is 2.49. The predicted molar refractivity (Wildman–Crippen MR) is 89.2 cm³/mol. The van der Waals surface area contributed by atoms with Gasteiger partial charge in [-0.1, -0.05) is 26.3 Å². The topological polar surface area (TPSA) is 58.2 Å². The van der Waals surface area contributed by atoms with Crippen LogP contribution in [-0.4, -0.2) is 20.7 Å². The highest BCUT2D eigenvalue weighted by molar-refractivity contribution is 7.92. The zero-order valence-electron chi connectivity index (χ0n) is 13.1. The van der Waals surface area contributed by atoms with E-state index >= 15 is 0 Å². The van der Waals surface area contributed by atoms with Gasteiger partial charge in [-0.3, -0.25) is 4.72 Å². The van der Waals surface area contributed by atoms with Crippen LogP contribution in [0.15, 0.2) is 24.3 Å². The van der Waals surface area contributed by atoms with Crippen LogP contribution in [0.5, 0.6) is 0 Å². The van der Waals surface area contributed by atoms with E-state index in [2.05, 4.69) is 23.9 Å². The number of rotatable bonds is 4. The van der Waals surface area contributed by atoms with Crippen LogP contribution in [0.25, 0.3) is 0 Å². The van der Waals surface area contributed by atoms with E-state index < -0.39 is 10.0 Å². The van der Waals surface area contributed by atoms with Gasteiger partial charge in [0.05, 0.1) is 11.9 Å². The summed E-state index contributed by atoms with van der Waals surface area (Å²) in [6.45, 7) is 4.68. The van der Waals surface area contributed by atoms with Gasteiger partial charge in [0.25, 0.3) is 0 Å².